The quantitative estimate of drug-likeness (QED) is 0.691. The maximum absolute atomic E-state index is 9.66. The van der Waals surface area contributed by atoms with Crippen LogP contribution in [-0.4, -0.2) is 23.5 Å². The van der Waals surface area contributed by atoms with E-state index in [0.29, 0.717) is 5.41 Å². The minimum Gasteiger partial charge on any atom is -0.286 e. The summed E-state index contributed by atoms with van der Waals surface area (Å²) in [5.41, 5.74) is 0.325. The number of rotatable bonds is 1. The van der Waals surface area contributed by atoms with Gasteiger partial charge >= 0.3 is 0 Å². The van der Waals surface area contributed by atoms with Gasteiger partial charge in [0.15, 0.2) is 0 Å². The van der Waals surface area contributed by atoms with Crippen LogP contribution in [0.5, 0.6) is 0 Å². The summed E-state index contributed by atoms with van der Waals surface area (Å²) in [5, 5.41) is 9.66. The molecule has 1 aliphatic carbocycles. The minimum absolute atomic E-state index is 0.125. The van der Waals surface area contributed by atoms with Crippen molar-refractivity contribution in [1.82, 2.24) is 4.90 Å². The molecule has 96 valence electrons. The third-order valence-electron chi connectivity index (χ3n) is 4.85. The number of hydrogen-bond acceptors (Lipinski definition) is 2. The molecule has 0 spiro atoms. The van der Waals surface area contributed by atoms with E-state index in [1.807, 2.05) is 0 Å². The maximum atomic E-state index is 9.66. The summed E-state index contributed by atoms with van der Waals surface area (Å²) in [6.45, 7) is 6.98. The predicted octanol–water partition coefficient (Wildman–Crippen LogP) is 3.72. The molecule has 1 saturated heterocycles. The molecule has 17 heavy (non-hydrogen) atoms. The molecule has 2 rings (SSSR count). The van der Waals surface area contributed by atoms with E-state index in [1.54, 1.807) is 0 Å². The Morgan fingerprint density at radius 1 is 0.882 bits per heavy atom. The Balaban J connectivity index is 2.07. The monoisotopic (exact) mass is 234 g/mol. The Morgan fingerprint density at radius 3 is 1.88 bits per heavy atom. The Labute approximate surface area is 106 Å². The summed E-state index contributed by atoms with van der Waals surface area (Å²) in [6, 6.07) is 2.68. The zero-order chi connectivity index (χ0) is 12.4. The van der Waals surface area contributed by atoms with Crippen molar-refractivity contribution in [2.45, 2.75) is 70.8 Å². The number of likely N-dealkylation sites (tertiary alicyclic amines) is 1. The van der Waals surface area contributed by atoms with Gasteiger partial charge in [-0.05, 0) is 57.0 Å². The molecule has 0 radical (unpaired) electrons. The van der Waals surface area contributed by atoms with Gasteiger partial charge in [-0.2, -0.15) is 5.26 Å². The Morgan fingerprint density at radius 2 is 1.41 bits per heavy atom. The van der Waals surface area contributed by atoms with Crippen LogP contribution in [0, 0.1) is 16.7 Å². The van der Waals surface area contributed by atoms with Gasteiger partial charge in [-0.25, -0.2) is 0 Å². The van der Waals surface area contributed by atoms with Crippen molar-refractivity contribution >= 4 is 0 Å². The summed E-state index contributed by atoms with van der Waals surface area (Å²) in [6.07, 6.45) is 9.84. The van der Waals surface area contributed by atoms with Crippen LogP contribution in [0.3, 0.4) is 0 Å². The summed E-state index contributed by atoms with van der Waals surface area (Å²) in [5.74, 6) is 0. The van der Waals surface area contributed by atoms with Crippen molar-refractivity contribution in [1.29, 1.82) is 5.26 Å². The van der Waals surface area contributed by atoms with Crippen molar-refractivity contribution in [3.05, 3.63) is 0 Å². The van der Waals surface area contributed by atoms with Crippen LogP contribution in [-0.2, 0) is 0 Å². The first-order chi connectivity index (χ1) is 8.08. The smallest absolute Gasteiger partial charge is 0.109 e. The normalized spacial score (nSPS) is 29.2. The third kappa shape index (κ3) is 2.83. The maximum Gasteiger partial charge on any atom is 0.109 e. The molecule has 0 aromatic heterocycles. The lowest BCUT2D eigenvalue weighted by molar-refractivity contribution is 0.0601. The molecule has 0 bridgehead atoms. The van der Waals surface area contributed by atoms with Crippen molar-refractivity contribution < 1.29 is 0 Å². The van der Waals surface area contributed by atoms with Gasteiger partial charge in [0.05, 0.1) is 6.07 Å². The lowest BCUT2D eigenvalue weighted by Crippen LogP contribution is -2.51. The van der Waals surface area contributed by atoms with Crippen molar-refractivity contribution in [2.75, 3.05) is 13.1 Å². The van der Waals surface area contributed by atoms with Gasteiger partial charge in [-0.1, -0.05) is 26.7 Å². The summed E-state index contributed by atoms with van der Waals surface area (Å²) >= 11 is 0. The molecule has 1 heterocycles. The van der Waals surface area contributed by atoms with Crippen molar-refractivity contribution in [3.63, 3.8) is 0 Å². The van der Waals surface area contributed by atoms with Crippen molar-refractivity contribution in [2.24, 2.45) is 5.41 Å². The first-order valence-electron chi connectivity index (χ1n) is 7.24. The first-order valence-corrected chi connectivity index (χ1v) is 7.24. The standard InChI is InChI=1S/C15H26N2/c1-14(2)7-9-15(13-16,10-8-14)17-11-5-3-4-6-12-17/h3-12H2,1-2H3. The van der Waals surface area contributed by atoms with E-state index in [2.05, 4.69) is 24.8 Å². The van der Waals surface area contributed by atoms with E-state index in [-0.39, 0.29) is 5.54 Å². The summed E-state index contributed by atoms with van der Waals surface area (Å²) in [7, 11) is 0. The van der Waals surface area contributed by atoms with Gasteiger partial charge in [-0.15, -0.1) is 0 Å². The fourth-order valence-corrected chi connectivity index (χ4v) is 3.34. The zero-order valence-electron chi connectivity index (χ0n) is 11.5. The van der Waals surface area contributed by atoms with Crippen molar-refractivity contribution in [3.8, 4) is 6.07 Å². The molecular formula is C15H26N2. The second-order valence-electron chi connectivity index (χ2n) is 6.71. The highest BCUT2D eigenvalue weighted by Gasteiger charge is 2.42. The highest BCUT2D eigenvalue weighted by molar-refractivity contribution is 5.11. The van der Waals surface area contributed by atoms with E-state index in [0.717, 1.165) is 25.9 Å². The Hall–Kier alpha value is -0.550. The number of nitrogens with zero attached hydrogens (tertiary/aromatic N) is 2. The van der Waals surface area contributed by atoms with E-state index in [4.69, 9.17) is 0 Å². The lowest BCUT2D eigenvalue weighted by atomic mass is 9.69. The lowest BCUT2D eigenvalue weighted by Gasteiger charge is -2.45. The van der Waals surface area contributed by atoms with Gasteiger partial charge in [0.2, 0.25) is 0 Å². The Kier molecular flexibility index (Phi) is 3.78. The molecule has 1 aliphatic heterocycles. The average molecular weight is 234 g/mol. The fourth-order valence-electron chi connectivity index (χ4n) is 3.34. The molecular weight excluding hydrogens is 208 g/mol. The molecule has 2 fully saturated rings. The van der Waals surface area contributed by atoms with Gasteiger partial charge in [0.1, 0.15) is 5.54 Å². The average Bonchev–Trinajstić information content (AvgIpc) is 2.59. The number of hydrogen-bond donors (Lipinski definition) is 0. The van der Waals surface area contributed by atoms with Crippen LogP contribution in [0.2, 0.25) is 0 Å². The van der Waals surface area contributed by atoms with E-state index >= 15 is 0 Å². The van der Waals surface area contributed by atoms with Crippen LogP contribution < -0.4 is 0 Å². The van der Waals surface area contributed by atoms with Gasteiger partial charge in [0.25, 0.3) is 0 Å². The van der Waals surface area contributed by atoms with E-state index in [9.17, 15) is 5.26 Å². The molecule has 0 aromatic carbocycles. The molecule has 0 N–H and O–H groups in total. The molecule has 1 saturated carbocycles. The highest BCUT2D eigenvalue weighted by Crippen LogP contribution is 2.43. The summed E-state index contributed by atoms with van der Waals surface area (Å²) in [4.78, 5) is 2.51. The van der Waals surface area contributed by atoms with Gasteiger partial charge < -0.3 is 0 Å². The van der Waals surface area contributed by atoms with Gasteiger partial charge in [-0.3, -0.25) is 4.90 Å². The molecule has 2 heteroatoms. The predicted molar refractivity (Wildman–Crippen MR) is 70.6 cm³/mol. The second kappa shape index (κ2) is 4.98. The van der Waals surface area contributed by atoms with Crippen LogP contribution >= 0.6 is 0 Å². The van der Waals surface area contributed by atoms with Crippen LogP contribution in [0.25, 0.3) is 0 Å². The SMILES string of the molecule is CC1(C)CCC(C#N)(N2CCCCCC2)CC1. The molecule has 0 amide bonds. The molecule has 2 nitrogen and oxygen atoms in total. The molecule has 0 aromatic rings. The van der Waals surface area contributed by atoms with Crippen LogP contribution in [0.4, 0.5) is 0 Å². The first kappa shape index (κ1) is 12.9. The largest absolute Gasteiger partial charge is 0.286 e. The zero-order valence-corrected chi connectivity index (χ0v) is 11.5. The van der Waals surface area contributed by atoms with Crippen LogP contribution in [0.1, 0.15) is 65.2 Å². The molecule has 0 unspecified atom stereocenters. The fraction of sp³-hybridized carbons (Fsp3) is 0.933. The third-order valence-corrected chi connectivity index (χ3v) is 4.85. The van der Waals surface area contributed by atoms with E-state index < -0.39 is 0 Å². The summed E-state index contributed by atoms with van der Waals surface area (Å²) < 4.78 is 0. The second-order valence-corrected chi connectivity index (χ2v) is 6.71. The topological polar surface area (TPSA) is 27.0 Å². The minimum atomic E-state index is -0.125. The van der Waals surface area contributed by atoms with Crippen LogP contribution in [0.15, 0.2) is 0 Å². The number of nitriles is 1. The van der Waals surface area contributed by atoms with E-state index in [1.165, 1.54) is 38.5 Å². The molecule has 0 atom stereocenters. The Bertz CT molecular complexity index is 283. The highest BCUT2D eigenvalue weighted by atomic mass is 15.2. The molecule has 2 aliphatic rings. The van der Waals surface area contributed by atoms with Gasteiger partial charge in [0, 0.05) is 0 Å².